The van der Waals surface area contributed by atoms with Crippen molar-refractivity contribution in [3.63, 3.8) is 0 Å². The van der Waals surface area contributed by atoms with E-state index >= 15 is 0 Å². The third-order valence-electron chi connectivity index (χ3n) is 4.14. The first-order valence-electron chi connectivity index (χ1n) is 8.51. The van der Waals surface area contributed by atoms with Crippen LogP contribution in [0.5, 0.6) is 17.2 Å². The van der Waals surface area contributed by atoms with Gasteiger partial charge in [0, 0.05) is 25.1 Å². The van der Waals surface area contributed by atoms with E-state index in [1.165, 1.54) is 19.8 Å². The predicted octanol–water partition coefficient (Wildman–Crippen LogP) is 3.31. The number of benzene rings is 2. The lowest BCUT2D eigenvalue weighted by Gasteiger charge is -2.12. The van der Waals surface area contributed by atoms with Crippen LogP contribution in [0.25, 0.3) is 11.1 Å². The summed E-state index contributed by atoms with van der Waals surface area (Å²) in [6.45, 7) is 3.03. The van der Waals surface area contributed by atoms with Gasteiger partial charge in [-0.15, -0.1) is 0 Å². The van der Waals surface area contributed by atoms with Gasteiger partial charge >= 0.3 is 5.97 Å². The molecule has 0 saturated carbocycles. The van der Waals surface area contributed by atoms with Crippen molar-refractivity contribution in [2.24, 2.45) is 0 Å². The van der Waals surface area contributed by atoms with E-state index in [-0.39, 0.29) is 11.7 Å². The Morgan fingerprint density at radius 2 is 2.12 bits per heavy atom. The van der Waals surface area contributed by atoms with Gasteiger partial charge in [0.15, 0.2) is 0 Å². The second-order valence-electron chi connectivity index (χ2n) is 6.16. The minimum absolute atomic E-state index is 0.131. The SMILES string of the molecule is CC(=O)Oc1ccc(-c2[c]c(OCCC3CCCN3)cc(O)c2)cc1. The third-order valence-corrected chi connectivity index (χ3v) is 4.14. The second-order valence-corrected chi connectivity index (χ2v) is 6.16. The fourth-order valence-electron chi connectivity index (χ4n) is 2.94. The van der Waals surface area contributed by atoms with Crippen molar-refractivity contribution in [1.29, 1.82) is 0 Å². The summed E-state index contributed by atoms with van der Waals surface area (Å²) in [7, 11) is 0. The fourth-order valence-corrected chi connectivity index (χ4v) is 2.94. The van der Waals surface area contributed by atoms with Crippen LogP contribution in [0, 0.1) is 6.07 Å². The molecule has 1 atom stereocenters. The van der Waals surface area contributed by atoms with Crippen LogP contribution in [0.1, 0.15) is 26.2 Å². The van der Waals surface area contributed by atoms with E-state index in [4.69, 9.17) is 9.47 Å². The molecular weight excluding hydrogens is 318 g/mol. The van der Waals surface area contributed by atoms with Crippen molar-refractivity contribution in [2.45, 2.75) is 32.2 Å². The van der Waals surface area contributed by atoms with E-state index in [1.54, 1.807) is 24.3 Å². The van der Waals surface area contributed by atoms with Crippen molar-refractivity contribution in [2.75, 3.05) is 13.2 Å². The summed E-state index contributed by atoms with van der Waals surface area (Å²) >= 11 is 0. The number of rotatable bonds is 6. The van der Waals surface area contributed by atoms with Crippen molar-refractivity contribution >= 4 is 5.97 Å². The molecule has 3 rings (SSSR count). The van der Waals surface area contributed by atoms with Crippen LogP contribution >= 0.6 is 0 Å². The Morgan fingerprint density at radius 1 is 1.32 bits per heavy atom. The molecule has 1 heterocycles. The van der Waals surface area contributed by atoms with E-state index in [0.717, 1.165) is 24.1 Å². The van der Waals surface area contributed by atoms with Gasteiger partial charge in [-0.25, -0.2) is 0 Å². The Labute approximate surface area is 147 Å². The number of ether oxygens (including phenoxy) is 2. The Morgan fingerprint density at radius 3 is 2.80 bits per heavy atom. The summed E-state index contributed by atoms with van der Waals surface area (Å²) in [6.07, 6.45) is 3.35. The Balaban J connectivity index is 1.66. The lowest BCUT2D eigenvalue weighted by atomic mass is 10.0. The van der Waals surface area contributed by atoms with E-state index in [1.807, 2.05) is 12.1 Å². The molecule has 5 heteroatoms. The van der Waals surface area contributed by atoms with Crippen LogP contribution in [0.2, 0.25) is 0 Å². The highest BCUT2D eigenvalue weighted by Crippen LogP contribution is 2.30. The van der Waals surface area contributed by atoms with Crippen LogP contribution in [0.15, 0.2) is 36.4 Å². The van der Waals surface area contributed by atoms with Crippen LogP contribution < -0.4 is 14.8 Å². The van der Waals surface area contributed by atoms with Gasteiger partial charge in [-0.05, 0) is 55.1 Å². The summed E-state index contributed by atoms with van der Waals surface area (Å²) < 4.78 is 10.8. The molecule has 1 aliphatic rings. The fraction of sp³-hybridized carbons (Fsp3) is 0.350. The Kier molecular flexibility index (Phi) is 5.56. The number of phenolic OH excluding ortho intramolecular Hbond substituents is 1. The lowest BCUT2D eigenvalue weighted by Crippen LogP contribution is -2.23. The van der Waals surface area contributed by atoms with E-state index < -0.39 is 0 Å². The van der Waals surface area contributed by atoms with Crippen molar-refractivity contribution in [3.05, 3.63) is 42.5 Å². The zero-order chi connectivity index (χ0) is 17.6. The topological polar surface area (TPSA) is 67.8 Å². The number of carbonyl (C=O) groups is 1. The molecule has 0 amide bonds. The van der Waals surface area contributed by atoms with Gasteiger partial charge in [0.25, 0.3) is 0 Å². The lowest BCUT2D eigenvalue weighted by molar-refractivity contribution is -0.131. The molecule has 0 aliphatic carbocycles. The highest BCUT2D eigenvalue weighted by molar-refractivity contribution is 5.71. The molecule has 1 radical (unpaired) electrons. The average molecular weight is 340 g/mol. The first-order chi connectivity index (χ1) is 12.1. The van der Waals surface area contributed by atoms with Gasteiger partial charge in [0.1, 0.15) is 17.2 Å². The number of nitrogens with one attached hydrogen (secondary N) is 1. The minimum Gasteiger partial charge on any atom is -0.508 e. The molecule has 5 nitrogen and oxygen atoms in total. The summed E-state index contributed by atoms with van der Waals surface area (Å²) in [5.74, 6) is 0.782. The normalized spacial score (nSPS) is 16.6. The largest absolute Gasteiger partial charge is 0.508 e. The van der Waals surface area contributed by atoms with Crippen LogP contribution in [-0.4, -0.2) is 30.3 Å². The van der Waals surface area contributed by atoms with Crippen molar-refractivity contribution < 1.29 is 19.4 Å². The average Bonchev–Trinajstić information content (AvgIpc) is 3.08. The summed E-state index contributed by atoms with van der Waals surface area (Å²) in [5.41, 5.74) is 1.58. The number of hydrogen-bond donors (Lipinski definition) is 2. The zero-order valence-electron chi connectivity index (χ0n) is 14.2. The third kappa shape index (κ3) is 4.97. The molecule has 1 saturated heterocycles. The van der Waals surface area contributed by atoms with Crippen LogP contribution in [-0.2, 0) is 4.79 Å². The Bertz CT molecular complexity index is 721. The van der Waals surface area contributed by atoms with Gasteiger partial charge in [-0.3, -0.25) is 4.79 Å². The van der Waals surface area contributed by atoms with E-state index in [0.29, 0.717) is 24.1 Å². The molecular formula is C20H22NO4. The van der Waals surface area contributed by atoms with E-state index in [9.17, 15) is 9.90 Å². The molecule has 1 unspecified atom stereocenters. The first kappa shape index (κ1) is 17.3. The summed E-state index contributed by atoms with van der Waals surface area (Å²) in [5, 5.41) is 13.4. The maximum atomic E-state index is 11.0. The standard InChI is InChI=1S/C20H22NO4/c1-14(22)25-19-6-4-15(5-7-19)16-11-18(23)13-20(12-16)24-10-8-17-3-2-9-21-17/h4-7,11,13,17,21,23H,2-3,8-10H2,1H3. The molecule has 1 aliphatic heterocycles. The van der Waals surface area contributed by atoms with Crippen molar-refractivity contribution in [3.8, 4) is 28.4 Å². The zero-order valence-corrected chi connectivity index (χ0v) is 14.2. The highest BCUT2D eigenvalue weighted by Gasteiger charge is 2.14. The minimum atomic E-state index is -0.357. The molecule has 2 aromatic carbocycles. The number of esters is 1. The number of hydrogen-bond acceptors (Lipinski definition) is 5. The Hall–Kier alpha value is -2.53. The number of aromatic hydroxyl groups is 1. The quantitative estimate of drug-likeness (QED) is 0.624. The highest BCUT2D eigenvalue weighted by atomic mass is 16.5. The molecule has 0 spiro atoms. The maximum absolute atomic E-state index is 11.0. The van der Waals surface area contributed by atoms with Crippen LogP contribution in [0.4, 0.5) is 0 Å². The van der Waals surface area contributed by atoms with Gasteiger partial charge in [0.2, 0.25) is 0 Å². The van der Waals surface area contributed by atoms with Gasteiger partial charge < -0.3 is 19.9 Å². The molecule has 25 heavy (non-hydrogen) atoms. The molecule has 2 N–H and O–H groups in total. The van der Waals surface area contributed by atoms with Gasteiger partial charge in [0.05, 0.1) is 6.61 Å². The first-order valence-corrected chi connectivity index (χ1v) is 8.51. The summed E-state index contributed by atoms with van der Waals surface area (Å²) in [6, 6.07) is 13.9. The van der Waals surface area contributed by atoms with E-state index in [2.05, 4.69) is 11.4 Å². The number of phenols is 1. The molecule has 1 fully saturated rings. The number of carbonyl (C=O) groups excluding carboxylic acids is 1. The molecule has 131 valence electrons. The van der Waals surface area contributed by atoms with Crippen LogP contribution in [0.3, 0.4) is 0 Å². The molecule has 2 aromatic rings. The monoisotopic (exact) mass is 340 g/mol. The maximum Gasteiger partial charge on any atom is 0.308 e. The second kappa shape index (κ2) is 8.03. The predicted molar refractivity (Wildman–Crippen MR) is 94.8 cm³/mol. The molecule has 0 aromatic heterocycles. The van der Waals surface area contributed by atoms with Crippen molar-refractivity contribution in [1.82, 2.24) is 5.32 Å². The van der Waals surface area contributed by atoms with Gasteiger partial charge in [-0.2, -0.15) is 0 Å². The smallest absolute Gasteiger partial charge is 0.308 e. The summed E-state index contributed by atoms with van der Waals surface area (Å²) in [4.78, 5) is 11.0. The molecule has 0 bridgehead atoms. The van der Waals surface area contributed by atoms with Gasteiger partial charge in [-0.1, -0.05) is 12.1 Å².